The predicted molar refractivity (Wildman–Crippen MR) is 57.3 cm³/mol. The highest BCUT2D eigenvalue weighted by Gasteiger charge is 2.15. The van der Waals surface area contributed by atoms with Crippen LogP contribution >= 0.6 is 0 Å². The quantitative estimate of drug-likeness (QED) is 0.429. The lowest BCUT2D eigenvalue weighted by Crippen LogP contribution is -2.17. The summed E-state index contributed by atoms with van der Waals surface area (Å²) in [6.07, 6.45) is 2.96. The van der Waals surface area contributed by atoms with Crippen molar-refractivity contribution in [1.82, 2.24) is 5.32 Å². The summed E-state index contributed by atoms with van der Waals surface area (Å²) in [4.78, 5) is 15.1. The molecule has 0 aliphatic heterocycles. The highest BCUT2D eigenvalue weighted by atomic mass is 16.7. The minimum absolute atomic E-state index is 0.00524. The molecule has 0 unspecified atom stereocenters. The molecule has 0 atom stereocenters. The molecular weight excluding hydrogens is 194 g/mol. The number of carbonyl (C=O) groups is 1. The highest BCUT2D eigenvalue weighted by molar-refractivity contribution is 5.67. The van der Waals surface area contributed by atoms with Gasteiger partial charge in [0.25, 0.3) is 0 Å². The molecule has 0 radical (unpaired) electrons. The molecule has 0 heterocycles. The molecule has 0 bridgehead atoms. The highest BCUT2D eigenvalue weighted by Crippen LogP contribution is 2.25. The van der Waals surface area contributed by atoms with Crippen molar-refractivity contribution in [3.8, 4) is 6.07 Å². The molecule has 0 aliphatic rings. The van der Waals surface area contributed by atoms with Gasteiger partial charge < -0.3 is 5.32 Å². The van der Waals surface area contributed by atoms with E-state index in [1.165, 1.54) is 7.05 Å². The van der Waals surface area contributed by atoms with E-state index in [0.717, 1.165) is 6.42 Å². The summed E-state index contributed by atoms with van der Waals surface area (Å²) in [5.74, 6) is 0. The van der Waals surface area contributed by atoms with Crippen molar-refractivity contribution in [3.63, 3.8) is 0 Å². The summed E-state index contributed by atoms with van der Waals surface area (Å²) in [6, 6.07) is 2.10. The first-order chi connectivity index (χ1) is 7.02. The van der Waals surface area contributed by atoms with Gasteiger partial charge in [-0.2, -0.15) is 5.26 Å². The summed E-state index contributed by atoms with van der Waals surface area (Å²) in [5, 5.41) is 14.2. The molecule has 0 saturated carbocycles. The van der Waals surface area contributed by atoms with Crippen LogP contribution in [0.5, 0.6) is 0 Å². The number of rotatable bonds is 5. The van der Waals surface area contributed by atoms with Crippen LogP contribution in [0.1, 0.15) is 33.1 Å². The maximum absolute atomic E-state index is 10.6. The lowest BCUT2D eigenvalue weighted by molar-refractivity contribution is 0.153. The zero-order valence-corrected chi connectivity index (χ0v) is 9.41. The zero-order chi connectivity index (χ0) is 11.7. The van der Waals surface area contributed by atoms with Gasteiger partial charge >= 0.3 is 6.09 Å². The first-order valence-corrected chi connectivity index (χ1v) is 4.79. The van der Waals surface area contributed by atoms with Crippen molar-refractivity contribution < 1.29 is 9.63 Å². The van der Waals surface area contributed by atoms with E-state index in [1.54, 1.807) is 6.21 Å². The standard InChI is InChI=1S/C10H17N3O2/c1-10(2,5-4-7-11)6-8-13-15-9(14)12-3/h8H,4-6H2,1-3H3,(H,12,14). The first kappa shape index (κ1) is 13.4. The third kappa shape index (κ3) is 7.50. The fraction of sp³-hybridized carbons (Fsp3) is 0.700. The Labute approximate surface area is 90.1 Å². The molecule has 0 fully saturated rings. The van der Waals surface area contributed by atoms with Crippen LogP contribution < -0.4 is 5.32 Å². The fourth-order valence-corrected chi connectivity index (χ4v) is 0.912. The van der Waals surface area contributed by atoms with Gasteiger partial charge in [0, 0.05) is 19.7 Å². The van der Waals surface area contributed by atoms with Gasteiger partial charge in [0.05, 0.1) is 6.07 Å². The Hall–Kier alpha value is -1.57. The average molecular weight is 211 g/mol. The average Bonchev–Trinajstić information content (AvgIpc) is 2.21. The zero-order valence-electron chi connectivity index (χ0n) is 9.41. The second-order valence-corrected chi connectivity index (χ2v) is 3.94. The Bertz CT molecular complexity index is 266. The van der Waals surface area contributed by atoms with E-state index < -0.39 is 6.09 Å². The fourth-order valence-electron chi connectivity index (χ4n) is 0.912. The van der Waals surface area contributed by atoms with Crippen LogP contribution in [0.3, 0.4) is 0 Å². The lowest BCUT2D eigenvalue weighted by Gasteiger charge is -2.20. The van der Waals surface area contributed by atoms with Crippen molar-refractivity contribution in [2.24, 2.45) is 10.6 Å². The Kier molecular flexibility index (Phi) is 6.11. The van der Waals surface area contributed by atoms with Gasteiger partial charge in [0.1, 0.15) is 0 Å². The van der Waals surface area contributed by atoms with Gasteiger partial charge in [-0.05, 0) is 18.3 Å². The second-order valence-electron chi connectivity index (χ2n) is 3.94. The summed E-state index contributed by atoms with van der Waals surface area (Å²) in [5.41, 5.74) is 0.00524. The molecule has 0 aromatic heterocycles. The topological polar surface area (TPSA) is 74.5 Å². The summed E-state index contributed by atoms with van der Waals surface area (Å²) in [6.45, 7) is 4.08. The normalized spacial score (nSPS) is 11.1. The van der Waals surface area contributed by atoms with Gasteiger partial charge in [0.2, 0.25) is 0 Å². The minimum atomic E-state index is -0.582. The SMILES string of the molecule is CNC(=O)ON=CCC(C)(C)CCC#N. The summed E-state index contributed by atoms with van der Waals surface area (Å²) < 4.78 is 0. The number of nitrogens with zero attached hydrogens (tertiary/aromatic N) is 2. The number of carbonyl (C=O) groups excluding carboxylic acids is 1. The monoisotopic (exact) mass is 211 g/mol. The number of nitriles is 1. The van der Waals surface area contributed by atoms with E-state index in [-0.39, 0.29) is 5.41 Å². The molecule has 0 aromatic carbocycles. The van der Waals surface area contributed by atoms with Crippen LogP contribution in [0.4, 0.5) is 4.79 Å². The number of hydrogen-bond acceptors (Lipinski definition) is 4. The van der Waals surface area contributed by atoms with Crippen LogP contribution in [0.15, 0.2) is 5.16 Å². The van der Waals surface area contributed by atoms with Gasteiger partial charge in [-0.15, -0.1) is 0 Å². The van der Waals surface area contributed by atoms with Crippen molar-refractivity contribution in [2.45, 2.75) is 33.1 Å². The maximum Gasteiger partial charge on any atom is 0.433 e. The van der Waals surface area contributed by atoms with E-state index in [2.05, 4.69) is 21.4 Å². The van der Waals surface area contributed by atoms with Crippen molar-refractivity contribution >= 4 is 12.3 Å². The van der Waals surface area contributed by atoms with Crippen LogP contribution in [-0.2, 0) is 4.84 Å². The van der Waals surface area contributed by atoms with E-state index >= 15 is 0 Å². The summed E-state index contributed by atoms with van der Waals surface area (Å²) >= 11 is 0. The third-order valence-electron chi connectivity index (χ3n) is 1.97. The Balaban J connectivity index is 3.82. The smallest absolute Gasteiger partial charge is 0.323 e. The van der Waals surface area contributed by atoms with E-state index in [4.69, 9.17) is 5.26 Å². The number of oxime groups is 1. The van der Waals surface area contributed by atoms with Crippen LogP contribution in [0.2, 0.25) is 0 Å². The Morgan fingerprint density at radius 1 is 1.67 bits per heavy atom. The Morgan fingerprint density at radius 3 is 2.87 bits per heavy atom. The van der Waals surface area contributed by atoms with Crippen molar-refractivity contribution in [2.75, 3.05) is 7.05 Å². The number of nitrogens with one attached hydrogen (secondary N) is 1. The van der Waals surface area contributed by atoms with E-state index in [1.807, 2.05) is 13.8 Å². The molecule has 5 nitrogen and oxygen atoms in total. The maximum atomic E-state index is 10.6. The van der Waals surface area contributed by atoms with Crippen molar-refractivity contribution in [3.05, 3.63) is 0 Å². The lowest BCUT2D eigenvalue weighted by atomic mass is 9.85. The molecule has 1 N–H and O–H groups in total. The summed E-state index contributed by atoms with van der Waals surface area (Å²) in [7, 11) is 1.47. The molecule has 0 spiro atoms. The molecule has 0 aromatic rings. The first-order valence-electron chi connectivity index (χ1n) is 4.79. The van der Waals surface area contributed by atoms with Crippen LogP contribution in [0, 0.1) is 16.7 Å². The van der Waals surface area contributed by atoms with E-state index in [9.17, 15) is 4.79 Å². The van der Waals surface area contributed by atoms with Gasteiger partial charge in [-0.1, -0.05) is 19.0 Å². The van der Waals surface area contributed by atoms with Gasteiger partial charge in [-0.25, -0.2) is 4.79 Å². The van der Waals surface area contributed by atoms with Gasteiger partial charge in [0.15, 0.2) is 0 Å². The minimum Gasteiger partial charge on any atom is -0.323 e. The van der Waals surface area contributed by atoms with Crippen molar-refractivity contribution in [1.29, 1.82) is 5.26 Å². The molecular formula is C10H17N3O2. The Morgan fingerprint density at radius 2 is 2.33 bits per heavy atom. The van der Waals surface area contributed by atoms with Crippen LogP contribution in [0.25, 0.3) is 0 Å². The molecule has 15 heavy (non-hydrogen) atoms. The predicted octanol–water partition coefficient (Wildman–Crippen LogP) is 2.05. The van der Waals surface area contributed by atoms with Gasteiger partial charge in [-0.3, -0.25) is 4.84 Å². The molecule has 0 saturated heterocycles. The molecule has 84 valence electrons. The molecule has 1 amide bonds. The number of hydrogen-bond donors (Lipinski definition) is 1. The number of amides is 1. The van der Waals surface area contributed by atoms with Crippen LogP contribution in [-0.4, -0.2) is 19.4 Å². The largest absolute Gasteiger partial charge is 0.433 e. The molecule has 0 aliphatic carbocycles. The second kappa shape index (κ2) is 6.82. The molecule has 0 rings (SSSR count). The van der Waals surface area contributed by atoms with E-state index in [0.29, 0.717) is 12.8 Å². The third-order valence-corrected chi connectivity index (χ3v) is 1.97. The molecule has 5 heteroatoms.